The number of nitrogens with zero attached hydrogens (tertiary/aromatic N) is 1. The topological polar surface area (TPSA) is 59.4 Å². The number of hydrogen-bond acceptors (Lipinski definition) is 4. The number of carboxylic acids is 1. The normalized spacial score (nSPS) is 23.5. The van der Waals surface area contributed by atoms with E-state index in [1.807, 2.05) is 5.38 Å². The highest BCUT2D eigenvalue weighted by atomic mass is 32.1. The van der Waals surface area contributed by atoms with Crippen LogP contribution in [0.25, 0.3) is 0 Å². The molecule has 1 aliphatic carbocycles. The zero-order chi connectivity index (χ0) is 11.2. The van der Waals surface area contributed by atoms with Gasteiger partial charge in [0, 0.05) is 11.3 Å². The number of aromatic nitrogens is 1. The fraction of sp³-hybridized carbons (Fsp3) is 0.636. The number of carbonyl (C=O) groups is 1. The van der Waals surface area contributed by atoms with Gasteiger partial charge in [0.1, 0.15) is 0 Å². The maximum atomic E-state index is 11.3. The number of carboxylic acid groups (broad SMARTS) is 1. The highest BCUT2D eigenvalue weighted by Gasteiger charge is 2.50. The van der Waals surface area contributed by atoms with Crippen molar-refractivity contribution in [2.24, 2.45) is 0 Å². The molecule has 4 nitrogen and oxygen atoms in total. The minimum absolute atomic E-state index is 0.260. The first-order valence-corrected chi connectivity index (χ1v) is 6.37. The third kappa shape index (κ3) is 1.31. The van der Waals surface area contributed by atoms with Crippen LogP contribution in [0.1, 0.15) is 35.9 Å². The van der Waals surface area contributed by atoms with Gasteiger partial charge in [0.15, 0.2) is 5.41 Å². The molecule has 0 aromatic carbocycles. The molecule has 0 unspecified atom stereocenters. The second-order valence-corrected chi connectivity index (χ2v) is 5.47. The van der Waals surface area contributed by atoms with Crippen molar-refractivity contribution in [3.63, 3.8) is 0 Å². The molecular weight excluding hydrogens is 226 g/mol. The highest BCUT2D eigenvalue weighted by Crippen LogP contribution is 2.40. The fourth-order valence-electron chi connectivity index (χ4n) is 2.04. The predicted molar refractivity (Wildman–Crippen MR) is 58.8 cm³/mol. The molecule has 1 saturated carbocycles. The zero-order valence-corrected chi connectivity index (χ0v) is 9.63. The lowest BCUT2D eigenvalue weighted by atomic mass is 9.82. The van der Waals surface area contributed by atoms with E-state index in [1.165, 1.54) is 19.3 Å². The molecular formula is C11H13NO3S. The number of hydrogen-bond donors (Lipinski definition) is 1. The van der Waals surface area contributed by atoms with Crippen molar-refractivity contribution in [1.82, 2.24) is 4.98 Å². The molecule has 16 heavy (non-hydrogen) atoms. The summed E-state index contributed by atoms with van der Waals surface area (Å²) >= 11 is 1.60. The Bertz CT molecular complexity index is 421. The summed E-state index contributed by atoms with van der Waals surface area (Å²) in [5.74, 6) is -0.241. The maximum Gasteiger partial charge on any atom is 0.320 e. The van der Waals surface area contributed by atoms with E-state index in [9.17, 15) is 9.90 Å². The Hall–Kier alpha value is -0.940. The largest absolute Gasteiger partial charge is 0.480 e. The average Bonchev–Trinajstić information content (AvgIpc) is 2.47. The molecule has 3 rings (SSSR count). The third-order valence-electron chi connectivity index (χ3n) is 3.57. The predicted octanol–water partition coefficient (Wildman–Crippen LogP) is 1.76. The van der Waals surface area contributed by atoms with Crippen LogP contribution in [0.2, 0.25) is 0 Å². The van der Waals surface area contributed by atoms with Crippen molar-refractivity contribution in [2.75, 3.05) is 13.2 Å². The van der Waals surface area contributed by atoms with Crippen molar-refractivity contribution in [3.8, 4) is 0 Å². The van der Waals surface area contributed by atoms with Gasteiger partial charge in [0.25, 0.3) is 0 Å². The van der Waals surface area contributed by atoms with Crippen molar-refractivity contribution < 1.29 is 14.6 Å². The summed E-state index contributed by atoms with van der Waals surface area (Å²) < 4.78 is 5.05. The minimum atomic E-state index is -0.863. The zero-order valence-electron chi connectivity index (χ0n) is 8.81. The summed E-state index contributed by atoms with van der Waals surface area (Å²) in [4.78, 5) is 15.8. The molecule has 1 aromatic heterocycles. The van der Waals surface area contributed by atoms with Crippen molar-refractivity contribution >= 4 is 17.3 Å². The smallest absolute Gasteiger partial charge is 0.320 e. The quantitative estimate of drug-likeness (QED) is 0.873. The molecule has 2 aliphatic rings. The molecule has 1 aliphatic heterocycles. The summed E-state index contributed by atoms with van der Waals surface area (Å²) in [5, 5.41) is 12.2. The molecule has 86 valence electrons. The van der Waals surface area contributed by atoms with E-state index in [0.29, 0.717) is 11.6 Å². The van der Waals surface area contributed by atoms with Crippen LogP contribution < -0.4 is 0 Å². The van der Waals surface area contributed by atoms with Gasteiger partial charge in [-0.1, -0.05) is 6.42 Å². The van der Waals surface area contributed by atoms with Gasteiger partial charge >= 0.3 is 5.97 Å². The Morgan fingerprint density at radius 2 is 2.31 bits per heavy atom. The van der Waals surface area contributed by atoms with Crippen LogP contribution in [0.5, 0.6) is 0 Å². The third-order valence-corrected chi connectivity index (χ3v) is 4.58. The molecule has 0 spiro atoms. The first-order chi connectivity index (χ1) is 7.72. The van der Waals surface area contributed by atoms with Gasteiger partial charge in [0.05, 0.1) is 23.9 Å². The van der Waals surface area contributed by atoms with Gasteiger partial charge in [-0.15, -0.1) is 11.3 Å². The highest BCUT2D eigenvalue weighted by molar-refractivity contribution is 7.09. The Morgan fingerprint density at radius 3 is 2.75 bits per heavy atom. The molecule has 5 heteroatoms. The Balaban J connectivity index is 1.88. The average molecular weight is 239 g/mol. The van der Waals surface area contributed by atoms with Gasteiger partial charge in [-0.05, 0) is 12.8 Å². The molecule has 1 saturated heterocycles. The van der Waals surface area contributed by atoms with Gasteiger partial charge in [-0.2, -0.15) is 0 Å². The number of aliphatic carboxylic acids is 1. The molecule has 2 heterocycles. The van der Waals surface area contributed by atoms with Crippen LogP contribution in [0, 0.1) is 0 Å². The second-order valence-electron chi connectivity index (χ2n) is 4.58. The second kappa shape index (κ2) is 3.53. The molecule has 1 aromatic rings. The van der Waals surface area contributed by atoms with E-state index in [1.54, 1.807) is 11.3 Å². The molecule has 2 fully saturated rings. The molecule has 0 amide bonds. The summed E-state index contributed by atoms with van der Waals surface area (Å²) in [6.07, 6.45) is 3.67. The molecule has 0 atom stereocenters. The van der Waals surface area contributed by atoms with E-state index >= 15 is 0 Å². The lowest BCUT2D eigenvalue weighted by molar-refractivity contribution is -0.163. The molecule has 0 bridgehead atoms. The summed E-state index contributed by atoms with van der Waals surface area (Å²) in [5.41, 5.74) is -0.170. The molecule has 0 radical (unpaired) electrons. The monoisotopic (exact) mass is 239 g/mol. The van der Waals surface area contributed by atoms with Crippen LogP contribution in [0.3, 0.4) is 0 Å². The van der Waals surface area contributed by atoms with Crippen molar-refractivity contribution in [2.45, 2.75) is 30.6 Å². The summed E-state index contributed by atoms with van der Waals surface area (Å²) in [6, 6.07) is 0. The number of thiazole rings is 1. The van der Waals surface area contributed by atoms with Crippen molar-refractivity contribution in [3.05, 3.63) is 16.1 Å². The first kappa shape index (κ1) is 10.2. The van der Waals surface area contributed by atoms with E-state index < -0.39 is 11.4 Å². The van der Waals surface area contributed by atoms with Crippen LogP contribution in [-0.4, -0.2) is 29.3 Å². The standard InChI is InChI=1S/C11H13NO3S/c13-10(14)11(5-15-6-11)8-4-16-9(12-8)7-2-1-3-7/h4,7H,1-3,5-6H2,(H,13,14). The Kier molecular flexibility index (Phi) is 2.26. The van der Waals surface area contributed by atoms with Gasteiger partial charge in [0.2, 0.25) is 0 Å². The maximum absolute atomic E-state index is 11.3. The first-order valence-electron chi connectivity index (χ1n) is 5.49. The van der Waals surface area contributed by atoms with E-state index in [0.717, 1.165) is 5.01 Å². The van der Waals surface area contributed by atoms with Crippen molar-refractivity contribution in [1.29, 1.82) is 0 Å². The van der Waals surface area contributed by atoms with E-state index in [4.69, 9.17) is 4.74 Å². The van der Waals surface area contributed by atoms with Crippen LogP contribution in [0.15, 0.2) is 5.38 Å². The van der Waals surface area contributed by atoms with E-state index in [-0.39, 0.29) is 13.2 Å². The van der Waals surface area contributed by atoms with Gasteiger partial charge in [-0.25, -0.2) is 4.98 Å². The lowest BCUT2D eigenvalue weighted by Gasteiger charge is -2.35. The number of rotatable bonds is 3. The minimum Gasteiger partial charge on any atom is -0.480 e. The van der Waals surface area contributed by atoms with E-state index in [2.05, 4.69) is 4.98 Å². The van der Waals surface area contributed by atoms with Gasteiger partial charge < -0.3 is 9.84 Å². The Morgan fingerprint density at radius 1 is 1.56 bits per heavy atom. The van der Waals surface area contributed by atoms with Gasteiger partial charge in [-0.3, -0.25) is 4.79 Å². The van der Waals surface area contributed by atoms with Crippen LogP contribution in [-0.2, 0) is 14.9 Å². The van der Waals surface area contributed by atoms with Crippen LogP contribution >= 0.6 is 11.3 Å². The summed E-state index contributed by atoms with van der Waals surface area (Å²) in [7, 11) is 0. The molecule has 1 N–H and O–H groups in total. The lowest BCUT2D eigenvalue weighted by Crippen LogP contribution is -2.53. The Labute approximate surface area is 97.3 Å². The SMILES string of the molecule is O=C(O)C1(c2csc(C3CCC3)n2)COC1. The summed E-state index contributed by atoms with van der Waals surface area (Å²) in [6.45, 7) is 0.520. The van der Waals surface area contributed by atoms with Crippen LogP contribution in [0.4, 0.5) is 0 Å². The number of ether oxygens (including phenoxy) is 1. The fourth-order valence-corrected chi connectivity index (χ4v) is 3.13.